The van der Waals surface area contributed by atoms with E-state index >= 15 is 0 Å². The highest BCUT2D eigenvalue weighted by Crippen LogP contribution is 2.26. The molecule has 2 aromatic carbocycles. The molecule has 0 saturated heterocycles. The van der Waals surface area contributed by atoms with Crippen molar-refractivity contribution >= 4 is 27.5 Å². The Morgan fingerprint density at radius 2 is 1.49 bits per heavy atom. The van der Waals surface area contributed by atoms with Gasteiger partial charge in [-0.2, -0.15) is 0 Å². The van der Waals surface area contributed by atoms with E-state index in [0.717, 1.165) is 27.3 Å². The predicted molar refractivity (Wildman–Crippen MR) is 142 cm³/mol. The molecule has 0 saturated carbocycles. The van der Waals surface area contributed by atoms with E-state index in [1.807, 2.05) is 57.2 Å². The van der Waals surface area contributed by atoms with Crippen molar-refractivity contribution in [2.24, 2.45) is 0 Å². The molecule has 0 aliphatic heterocycles. The Hall–Kier alpha value is -2.87. The lowest BCUT2D eigenvalue weighted by Gasteiger charge is -2.32. The molecule has 2 amide bonds. The lowest BCUT2D eigenvalue weighted by Crippen LogP contribution is -2.52. The van der Waals surface area contributed by atoms with Crippen LogP contribution in [0.5, 0.6) is 0 Å². The summed E-state index contributed by atoms with van der Waals surface area (Å²) in [5.41, 5.74) is 3.31. The van der Waals surface area contributed by atoms with Crippen LogP contribution in [0.3, 0.4) is 0 Å². The van der Waals surface area contributed by atoms with Gasteiger partial charge in [0.15, 0.2) is 0 Å². The molecule has 8 heteroatoms. The first kappa shape index (κ1) is 28.4. The molecule has 1 unspecified atom stereocenters. The Labute approximate surface area is 210 Å². The molecule has 2 aromatic rings. The van der Waals surface area contributed by atoms with Crippen LogP contribution < -0.4 is 9.62 Å². The van der Waals surface area contributed by atoms with E-state index in [-0.39, 0.29) is 23.9 Å². The maximum atomic E-state index is 13.5. The van der Waals surface area contributed by atoms with Crippen LogP contribution >= 0.6 is 0 Å². The topological polar surface area (TPSA) is 86.8 Å². The Morgan fingerprint density at radius 1 is 0.943 bits per heavy atom. The Morgan fingerprint density at radius 3 is 1.94 bits per heavy atom. The number of carbonyl (C=O) groups is 2. The third-order valence-electron chi connectivity index (χ3n) is 5.77. The monoisotopic (exact) mass is 501 g/mol. The second-order valence-corrected chi connectivity index (χ2v) is 12.3. The van der Waals surface area contributed by atoms with Crippen molar-refractivity contribution in [1.82, 2.24) is 10.2 Å². The second kappa shape index (κ2) is 11.2. The van der Waals surface area contributed by atoms with Crippen LogP contribution in [0.2, 0.25) is 0 Å². The van der Waals surface area contributed by atoms with E-state index in [1.165, 1.54) is 4.90 Å². The Bertz CT molecular complexity index is 1120. The highest BCUT2D eigenvalue weighted by molar-refractivity contribution is 7.92. The molecular formula is C27H39N3O4S. The van der Waals surface area contributed by atoms with Crippen molar-refractivity contribution in [2.75, 3.05) is 17.1 Å². The summed E-state index contributed by atoms with van der Waals surface area (Å²) < 4.78 is 26.5. The molecule has 0 aliphatic carbocycles. The number of anilines is 1. The number of nitrogens with zero attached hydrogens (tertiary/aromatic N) is 2. The Balaban J connectivity index is 2.39. The molecule has 7 nitrogen and oxygen atoms in total. The van der Waals surface area contributed by atoms with Crippen LogP contribution in [0.4, 0.5) is 5.69 Å². The number of benzene rings is 2. The number of hydrogen-bond donors (Lipinski definition) is 1. The molecule has 192 valence electrons. The quantitative estimate of drug-likeness (QED) is 0.563. The lowest BCUT2D eigenvalue weighted by molar-refractivity contribution is -0.139. The first-order chi connectivity index (χ1) is 16.1. The summed E-state index contributed by atoms with van der Waals surface area (Å²) >= 11 is 0. The SMILES string of the molecule is Cc1ccc(CN(C(=O)CN(c2ccc(C(C)(C)C)cc2)S(C)(=O)=O)C(C)C(=O)NC(C)C)cc1. The van der Waals surface area contributed by atoms with E-state index in [0.29, 0.717) is 5.69 Å². The molecule has 35 heavy (non-hydrogen) atoms. The van der Waals surface area contributed by atoms with Crippen molar-refractivity contribution in [3.8, 4) is 0 Å². The van der Waals surface area contributed by atoms with E-state index < -0.39 is 28.5 Å². The summed E-state index contributed by atoms with van der Waals surface area (Å²) in [5.74, 6) is -0.747. The fourth-order valence-corrected chi connectivity index (χ4v) is 4.47. The van der Waals surface area contributed by atoms with Gasteiger partial charge in [-0.05, 0) is 56.4 Å². The fraction of sp³-hybridized carbons (Fsp3) is 0.481. The standard InChI is InChI=1S/C27H39N3O4S/c1-19(2)28-26(32)21(4)29(17-22-11-9-20(3)10-12-22)25(31)18-30(35(8,33)34)24-15-13-23(14-16-24)27(5,6)7/h9-16,19,21H,17-18H2,1-8H3,(H,28,32). The van der Waals surface area contributed by atoms with Gasteiger partial charge < -0.3 is 10.2 Å². The number of aryl methyl sites for hydroxylation is 1. The normalized spacial score (nSPS) is 12.8. The summed E-state index contributed by atoms with van der Waals surface area (Å²) in [6, 6.07) is 14.0. The summed E-state index contributed by atoms with van der Waals surface area (Å²) in [4.78, 5) is 27.8. The van der Waals surface area contributed by atoms with E-state index in [9.17, 15) is 18.0 Å². The number of nitrogens with one attached hydrogen (secondary N) is 1. The molecule has 0 heterocycles. The van der Waals surface area contributed by atoms with Crippen LogP contribution in [-0.2, 0) is 31.6 Å². The zero-order valence-corrected chi connectivity index (χ0v) is 22.9. The number of amides is 2. The molecular weight excluding hydrogens is 462 g/mol. The van der Waals surface area contributed by atoms with Crippen LogP contribution in [0.15, 0.2) is 48.5 Å². The predicted octanol–water partition coefficient (Wildman–Crippen LogP) is 4.00. The zero-order chi connectivity index (χ0) is 26.6. The fourth-order valence-electron chi connectivity index (χ4n) is 3.62. The summed E-state index contributed by atoms with van der Waals surface area (Å²) in [5, 5.41) is 2.84. The zero-order valence-electron chi connectivity index (χ0n) is 22.1. The van der Waals surface area contributed by atoms with Gasteiger partial charge in [-0.25, -0.2) is 8.42 Å². The van der Waals surface area contributed by atoms with Crippen molar-refractivity contribution in [1.29, 1.82) is 0 Å². The Kier molecular flexibility index (Phi) is 9.11. The molecule has 0 spiro atoms. The third kappa shape index (κ3) is 8.09. The molecule has 0 aliphatic rings. The third-order valence-corrected chi connectivity index (χ3v) is 6.91. The average molecular weight is 502 g/mol. The molecule has 1 N–H and O–H groups in total. The first-order valence-electron chi connectivity index (χ1n) is 11.8. The molecule has 0 aromatic heterocycles. The maximum absolute atomic E-state index is 13.5. The average Bonchev–Trinajstić information content (AvgIpc) is 2.74. The van der Waals surface area contributed by atoms with Crippen molar-refractivity contribution in [3.63, 3.8) is 0 Å². The van der Waals surface area contributed by atoms with Gasteiger partial charge >= 0.3 is 0 Å². The largest absolute Gasteiger partial charge is 0.352 e. The van der Waals surface area contributed by atoms with Gasteiger partial charge in [0.25, 0.3) is 0 Å². The van der Waals surface area contributed by atoms with Gasteiger partial charge in [0, 0.05) is 12.6 Å². The number of sulfonamides is 1. The van der Waals surface area contributed by atoms with Gasteiger partial charge in [-0.15, -0.1) is 0 Å². The highest BCUT2D eigenvalue weighted by atomic mass is 32.2. The van der Waals surface area contributed by atoms with Gasteiger partial charge in [0.05, 0.1) is 11.9 Å². The summed E-state index contributed by atoms with van der Waals surface area (Å²) in [6.45, 7) is 13.3. The highest BCUT2D eigenvalue weighted by Gasteiger charge is 2.30. The maximum Gasteiger partial charge on any atom is 0.244 e. The second-order valence-electron chi connectivity index (χ2n) is 10.4. The van der Waals surface area contributed by atoms with Gasteiger partial charge in [-0.3, -0.25) is 13.9 Å². The van der Waals surface area contributed by atoms with Crippen molar-refractivity contribution in [3.05, 3.63) is 65.2 Å². The molecule has 1 atom stereocenters. The minimum absolute atomic E-state index is 0.0878. The lowest BCUT2D eigenvalue weighted by atomic mass is 9.87. The van der Waals surface area contributed by atoms with Gasteiger partial charge in [-0.1, -0.05) is 62.7 Å². The minimum Gasteiger partial charge on any atom is -0.352 e. The van der Waals surface area contributed by atoms with Crippen LogP contribution in [-0.4, -0.2) is 50.0 Å². The van der Waals surface area contributed by atoms with Crippen LogP contribution in [0.25, 0.3) is 0 Å². The van der Waals surface area contributed by atoms with E-state index in [4.69, 9.17) is 0 Å². The number of carbonyl (C=O) groups excluding carboxylic acids is 2. The molecule has 0 fully saturated rings. The van der Waals surface area contributed by atoms with Gasteiger partial charge in [0.1, 0.15) is 12.6 Å². The smallest absolute Gasteiger partial charge is 0.244 e. The van der Waals surface area contributed by atoms with Crippen LogP contribution in [0, 0.1) is 6.92 Å². The van der Waals surface area contributed by atoms with Crippen molar-refractivity contribution in [2.45, 2.75) is 72.5 Å². The minimum atomic E-state index is -3.75. The molecule has 0 radical (unpaired) electrons. The van der Waals surface area contributed by atoms with Crippen LogP contribution in [0.1, 0.15) is 58.2 Å². The molecule has 0 bridgehead atoms. The van der Waals surface area contributed by atoms with E-state index in [1.54, 1.807) is 19.1 Å². The number of hydrogen-bond acceptors (Lipinski definition) is 4. The van der Waals surface area contributed by atoms with E-state index in [2.05, 4.69) is 26.1 Å². The van der Waals surface area contributed by atoms with Crippen molar-refractivity contribution < 1.29 is 18.0 Å². The summed E-state index contributed by atoms with van der Waals surface area (Å²) in [6.07, 6.45) is 1.08. The first-order valence-corrected chi connectivity index (χ1v) is 13.7. The van der Waals surface area contributed by atoms with Gasteiger partial charge in [0.2, 0.25) is 21.8 Å². The number of rotatable bonds is 9. The molecule has 2 rings (SSSR count). The summed E-state index contributed by atoms with van der Waals surface area (Å²) in [7, 11) is -3.75.